The Labute approximate surface area is 154 Å². The second-order valence-electron chi connectivity index (χ2n) is 5.76. The number of rotatable bonds is 6. The second-order valence-corrected chi connectivity index (χ2v) is 5.76. The molecule has 142 valence electrons. The van der Waals surface area contributed by atoms with Crippen molar-refractivity contribution in [3.8, 4) is 23.0 Å². The zero-order valence-electron chi connectivity index (χ0n) is 15.5. The van der Waals surface area contributed by atoms with Gasteiger partial charge in [0.1, 0.15) is 5.75 Å². The molecular formula is C19H20N2O6. The highest BCUT2D eigenvalue weighted by atomic mass is 16.5. The monoisotopic (exact) mass is 372 g/mol. The Bertz CT molecular complexity index is 1070. The van der Waals surface area contributed by atoms with E-state index in [1.54, 1.807) is 30.3 Å². The fourth-order valence-corrected chi connectivity index (χ4v) is 2.95. The highest BCUT2D eigenvalue weighted by Crippen LogP contribution is 2.38. The highest BCUT2D eigenvalue weighted by Gasteiger charge is 2.15. The molecule has 0 saturated carbocycles. The third-order valence-electron chi connectivity index (χ3n) is 4.25. The van der Waals surface area contributed by atoms with Gasteiger partial charge in [-0.3, -0.25) is 14.2 Å². The van der Waals surface area contributed by atoms with Gasteiger partial charge in [-0.2, -0.15) is 0 Å². The molecule has 0 spiro atoms. The van der Waals surface area contributed by atoms with Crippen LogP contribution in [0.3, 0.4) is 0 Å². The van der Waals surface area contributed by atoms with Crippen LogP contribution in [-0.2, 0) is 6.54 Å². The lowest BCUT2D eigenvalue weighted by Gasteiger charge is -2.15. The Kier molecular flexibility index (Phi) is 5.07. The molecule has 1 aromatic heterocycles. The fourth-order valence-electron chi connectivity index (χ4n) is 2.95. The molecule has 27 heavy (non-hydrogen) atoms. The fraction of sp³-hybridized carbons (Fsp3) is 0.263. The summed E-state index contributed by atoms with van der Waals surface area (Å²) in [5.74, 6) is 1.97. The number of nitrogens with one attached hydrogen (secondary N) is 1. The molecule has 2 aromatic carbocycles. The van der Waals surface area contributed by atoms with Gasteiger partial charge in [0.05, 0.1) is 46.0 Å². The van der Waals surface area contributed by atoms with Crippen molar-refractivity contribution in [3.05, 3.63) is 56.6 Å². The summed E-state index contributed by atoms with van der Waals surface area (Å²) < 4.78 is 22.6. The molecule has 0 radical (unpaired) electrons. The average molecular weight is 372 g/mol. The van der Waals surface area contributed by atoms with Gasteiger partial charge in [0, 0.05) is 6.07 Å². The number of benzene rings is 2. The lowest BCUT2D eigenvalue weighted by Crippen LogP contribution is -2.36. The third kappa shape index (κ3) is 3.33. The summed E-state index contributed by atoms with van der Waals surface area (Å²) in [6.07, 6.45) is 0. The molecule has 8 heteroatoms. The SMILES string of the molecule is COc1ccc2c(c1)[nH]c(=O)c(=O)n2Cc1cc(OC)c(OC)c(OC)c1. The first-order chi connectivity index (χ1) is 13.0. The maximum atomic E-state index is 12.5. The Morgan fingerprint density at radius 2 is 1.56 bits per heavy atom. The van der Waals surface area contributed by atoms with E-state index in [1.807, 2.05) is 0 Å². The Hall–Kier alpha value is -3.42. The van der Waals surface area contributed by atoms with Crippen molar-refractivity contribution >= 4 is 11.0 Å². The molecule has 3 aromatic rings. The molecular weight excluding hydrogens is 352 g/mol. The Morgan fingerprint density at radius 3 is 2.11 bits per heavy atom. The number of hydrogen-bond acceptors (Lipinski definition) is 6. The standard InChI is InChI=1S/C19H20N2O6/c1-24-12-5-6-14-13(9-12)20-18(22)19(23)21(14)10-11-7-15(25-2)17(27-4)16(8-11)26-3/h5-9H,10H2,1-4H3,(H,20,22). The number of H-pyrrole nitrogens is 1. The Balaban J connectivity index is 2.18. The molecule has 0 amide bonds. The molecule has 0 aliphatic rings. The largest absolute Gasteiger partial charge is 0.497 e. The van der Waals surface area contributed by atoms with E-state index in [-0.39, 0.29) is 6.54 Å². The number of nitrogens with zero attached hydrogens (tertiary/aromatic N) is 1. The summed E-state index contributed by atoms with van der Waals surface area (Å²) in [5, 5.41) is 0. The summed E-state index contributed by atoms with van der Waals surface area (Å²) in [6, 6.07) is 8.60. The van der Waals surface area contributed by atoms with Gasteiger partial charge in [0.15, 0.2) is 11.5 Å². The summed E-state index contributed by atoms with van der Waals surface area (Å²) in [6.45, 7) is 0.155. The highest BCUT2D eigenvalue weighted by molar-refractivity contribution is 5.76. The first kappa shape index (κ1) is 18.4. The molecule has 0 aliphatic heterocycles. The van der Waals surface area contributed by atoms with Crippen LogP contribution in [0, 0.1) is 0 Å². The lowest BCUT2D eigenvalue weighted by molar-refractivity contribution is 0.323. The van der Waals surface area contributed by atoms with Crippen LogP contribution in [0.2, 0.25) is 0 Å². The molecule has 1 heterocycles. The van der Waals surface area contributed by atoms with Gasteiger partial charge in [-0.1, -0.05) is 0 Å². The summed E-state index contributed by atoms with van der Waals surface area (Å²) in [5.41, 5.74) is 0.444. The van der Waals surface area contributed by atoms with E-state index >= 15 is 0 Å². The van der Waals surface area contributed by atoms with E-state index in [0.717, 1.165) is 0 Å². The predicted molar refractivity (Wildman–Crippen MR) is 101 cm³/mol. The van der Waals surface area contributed by atoms with E-state index in [9.17, 15) is 9.59 Å². The van der Waals surface area contributed by atoms with E-state index in [0.29, 0.717) is 39.6 Å². The van der Waals surface area contributed by atoms with E-state index in [2.05, 4.69) is 4.98 Å². The van der Waals surface area contributed by atoms with Crippen LogP contribution in [0.5, 0.6) is 23.0 Å². The number of aromatic amines is 1. The number of ether oxygens (including phenoxy) is 4. The second kappa shape index (κ2) is 7.45. The van der Waals surface area contributed by atoms with E-state index < -0.39 is 11.1 Å². The predicted octanol–water partition coefficient (Wildman–Crippen LogP) is 1.77. The van der Waals surface area contributed by atoms with Crippen molar-refractivity contribution in [1.29, 1.82) is 0 Å². The molecule has 0 unspecified atom stereocenters. The van der Waals surface area contributed by atoms with Crippen LogP contribution in [-0.4, -0.2) is 38.0 Å². The molecule has 1 N–H and O–H groups in total. The van der Waals surface area contributed by atoms with Gasteiger partial charge in [0.25, 0.3) is 0 Å². The summed E-state index contributed by atoms with van der Waals surface area (Å²) >= 11 is 0. The minimum atomic E-state index is -0.705. The average Bonchev–Trinajstić information content (AvgIpc) is 2.69. The minimum Gasteiger partial charge on any atom is -0.497 e. The van der Waals surface area contributed by atoms with Gasteiger partial charge in [-0.05, 0) is 29.8 Å². The van der Waals surface area contributed by atoms with Gasteiger partial charge in [0.2, 0.25) is 5.75 Å². The molecule has 8 nitrogen and oxygen atoms in total. The van der Waals surface area contributed by atoms with Crippen molar-refractivity contribution in [2.45, 2.75) is 6.54 Å². The summed E-state index contributed by atoms with van der Waals surface area (Å²) in [7, 11) is 6.08. The third-order valence-corrected chi connectivity index (χ3v) is 4.25. The molecule has 3 rings (SSSR count). The van der Waals surface area contributed by atoms with Crippen LogP contribution >= 0.6 is 0 Å². The van der Waals surface area contributed by atoms with Gasteiger partial charge in [-0.15, -0.1) is 0 Å². The van der Waals surface area contributed by atoms with Crippen LogP contribution < -0.4 is 30.1 Å². The number of fused-ring (bicyclic) bond motifs is 1. The normalized spacial score (nSPS) is 10.7. The summed E-state index contributed by atoms with van der Waals surface area (Å²) in [4.78, 5) is 27.1. The van der Waals surface area contributed by atoms with E-state index in [4.69, 9.17) is 18.9 Å². The first-order valence-corrected chi connectivity index (χ1v) is 8.12. The van der Waals surface area contributed by atoms with Crippen LogP contribution in [0.1, 0.15) is 5.56 Å². The Morgan fingerprint density at radius 1 is 0.889 bits per heavy atom. The maximum Gasteiger partial charge on any atom is 0.317 e. The number of methoxy groups -OCH3 is 4. The van der Waals surface area contributed by atoms with Gasteiger partial charge < -0.3 is 23.9 Å². The molecule has 0 fully saturated rings. The van der Waals surface area contributed by atoms with Crippen molar-refractivity contribution < 1.29 is 18.9 Å². The van der Waals surface area contributed by atoms with Crippen molar-refractivity contribution in [2.24, 2.45) is 0 Å². The van der Waals surface area contributed by atoms with Crippen LogP contribution in [0.15, 0.2) is 39.9 Å². The van der Waals surface area contributed by atoms with Gasteiger partial charge in [-0.25, -0.2) is 0 Å². The molecule has 0 aliphatic carbocycles. The molecule has 0 saturated heterocycles. The maximum absolute atomic E-state index is 12.5. The number of hydrogen-bond donors (Lipinski definition) is 1. The smallest absolute Gasteiger partial charge is 0.317 e. The van der Waals surface area contributed by atoms with Crippen molar-refractivity contribution in [2.75, 3.05) is 28.4 Å². The topological polar surface area (TPSA) is 91.8 Å². The van der Waals surface area contributed by atoms with Crippen molar-refractivity contribution in [3.63, 3.8) is 0 Å². The molecule has 0 bridgehead atoms. The van der Waals surface area contributed by atoms with E-state index in [1.165, 1.54) is 33.0 Å². The molecule has 0 atom stereocenters. The quantitative estimate of drug-likeness (QED) is 0.663. The first-order valence-electron chi connectivity index (χ1n) is 8.12. The number of aromatic nitrogens is 2. The lowest BCUT2D eigenvalue weighted by atomic mass is 10.1. The van der Waals surface area contributed by atoms with Crippen molar-refractivity contribution in [1.82, 2.24) is 9.55 Å². The minimum absolute atomic E-state index is 0.155. The van der Waals surface area contributed by atoms with Crippen LogP contribution in [0.25, 0.3) is 11.0 Å². The van der Waals surface area contributed by atoms with Crippen LogP contribution in [0.4, 0.5) is 0 Å². The zero-order chi connectivity index (χ0) is 19.6. The van der Waals surface area contributed by atoms with Gasteiger partial charge >= 0.3 is 11.1 Å². The zero-order valence-corrected chi connectivity index (χ0v) is 15.5.